The second-order valence-corrected chi connectivity index (χ2v) is 9.28. The van der Waals surface area contributed by atoms with Gasteiger partial charge in [0.1, 0.15) is 11.9 Å². The maximum absolute atomic E-state index is 12.8. The number of sulfonamides is 1. The van der Waals surface area contributed by atoms with Gasteiger partial charge in [-0.25, -0.2) is 13.2 Å². The summed E-state index contributed by atoms with van der Waals surface area (Å²) >= 11 is 0. The Morgan fingerprint density at radius 2 is 1.96 bits per heavy atom. The average molecular weight is 382 g/mol. The molecule has 8 heteroatoms. The minimum Gasteiger partial charge on any atom is -0.444 e. The number of carbonyl (C=O) groups excluding carboxylic acids is 2. The molecule has 1 aromatic rings. The lowest BCUT2D eigenvalue weighted by molar-refractivity contribution is -0.107. The van der Waals surface area contributed by atoms with Gasteiger partial charge < -0.3 is 14.8 Å². The quantitative estimate of drug-likeness (QED) is 0.788. The predicted molar refractivity (Wildman–Crippen MR) is 97.4 cm³/mol. The number of benzene rings is 1. The van der Waals surface area contributed by atoms with Gasteiger partial charge in [0.2, 0.25) is 10.0 Å². The molecule has 1 aromatic carbocycles. The van der Waals surface area contributed by atoms with Gasteiger partial charge in [-0.1, -0.05) is 12.1 Å². The zero-order valence-corrected chi connectivity index (χ0v) is 16.2. The third kappa shape index (κ3) is 5.54. The molecule has 1 fully saturated rings. The summed E-state index contributed by atoms with van der Waals surface area (Å²) < 4.78 is 32.2. The Labute approximate surface area is 154 Å². The van der Waals surface area contributed by atoms with Crippen LogP contribution in [-0.4, -0.2) is 49.8 Å². The summed E-state index contributed by atoms with van der Waals surface area (Å²) in [5, 5.41) is 2.79. The summed E-state index contributed by atoms with van der Waals surface area (Å²) in [5.74, 6) is 0. The van der Waals surface area contributed by atoms with Crippen molar-refractivity contribution in [1.82, 2.24) is 9.62 Å². The van der Waals surface area contributed by atoms with Gasteiger partial charge in [0.05, 0.1) is 4.90 Å². The predicted octanol–water partition coefficient (Wildman–Crippen LogP) is 2.11. The normalized spacial score (nSPS) is 16.9. The molecular weight excluding hydrogens is 356 g/mol. The molecule has 2 rings (SSSR count). The lowest BCUT2D eigenvalue weighted by Gasteiger charge is -2.32. The van der Waals surface area contributed by atoms with E-state index >= 15 is 0 Å². The fourth-order valence-electron chi connectivity index (χ4n) is 2.79. The highest BCUT2D eigenvalue weighted by atomic mass is 32.2. The van der Waals surface area contributed by atoms with Crippen molar-refractivity contribution < 1.29 is 22.7 Å². The summed E-state index contributed by atoms with van der Waals surface area (Å²) in [5.41, 5.74) is 0.100. The number of nitrogens with zero attached hydrogens (tertiary/aromatic N) is 1. The van der Waals surface area contributed by atoms with Crippen molar-refractivity contribution in [1.29, 1.82) is 0 Å². The number of aldehydes is 1. The SMILES string of the molecule is CC(C)(C)OC(=O)NC1CCN(S(=O)(=O)c2cccc(CC=O)c2)CC1. The standard InChI is InChI=1S/C18H26N2O5S/c1-18(2,3)25-17(22)19-15-7-10-20(11-8-15)26(23,24)16-6-4-5-14(13-16)9-12-21/h4-6,12-13,15H,7-11H2,1-3H3,(H,19,22). The largest absolute Gasteiger partial charge is 0.444 e. The molecule has 1 saturated heterocycles. The Balaban J connectivity index is 1.97. The van der Waals surface area contributed by atoms with Crippen molar-refractivity contribution in [3.05, 3.63) is 29.8 Å². The van der Waals surface area contributed by atoms with Crippen molar-refractivity contribution in [2.24, 2.45) is 0 Å². The second-order valence-electron chi connectivity index (χ2n) is 7.34. The van der Waals surface area contributed by atoms with E-state index in [2.05, 4.69) is 5.32 Å². The molecule has 1 amide bonds. The van der Waals surface area contributed by atoms with E-state index in [1.807, 2.05) is 0 Å². The van der Waals surface area contributed by atoms with E-state index in [0.717, 1.165) is 6.29 Å². The van der Waals surface area contributed by atoms with E-state index in [1.54, 1.807) is 32.9 Å². The lowest BCUT2D eigenvalue weighted by atomic mass is 10.1. The molecule has 144 valence electrons. The third-order valence-corrected chi connectivity index (χ3v) is 5.92. The maximum Gasteiger partial charge on any atom is 0.407 e. The Kier molecular flexibility index (Phi) is 6.41. The number of rotatable bonds is 5. The smallest absolute Gasteiger partial charge is 0.407 e. The van der Waals surface area contributed by atoms with Gasteiger partial charge in [-0.15, -0.1) is 0 Å². The fourth-order valence-corrected chi connectivity index (χ4v) is 4.33. The number of carbonyl (C=O) groups is 2. The van der Waals surface area contributed by atoms with E-state index in [4.69, 9.17) is 4.74 Å². The molecule has 1 heterocycles. The highest BCUT2D eigenvalue weighted by molar-refractivity contribution is 7.89. The number of amides is 1. The average Bonchev–Trinajstić information content (AvgIpc) is 2.54. The van der Waals surface area contributed by atoms with Crippen LogP contribution in [0.1, 0.15) is 39.2 Å². The van der Waals surface area contributed by atoms with Crippen LogP contribution in [-0.2, 0) is 26.0 Å². The van der Waals surface area contributed by atoms with E-state index in [9.17, 15) is 18.0 Å². The maximum atomic E-state index is 12.8. The molecule has 0 saturated carbocycles. The molecule has 0 aliphatic carbocycles. The van der Waals surface area contributed by atoms with Crippen LogP contribution in [0.15, 0.2) is 29.2 Å². The molecule has 0 bridgehead atoms. The zero-order valence-electron chi connectivity index (χ0n) is 15.4. The number of hydrogen-bond donors (Lipinski definition) is 1. The van der Waals surface area contributed by atoms with Gasteiger partial charge in [-0.2, -0.15) is 4.31 Å². The topological polar surface area (TPSA) is 92.8 Å². The van der Waals surface area contributed by atoms with Crippen molar-refractivity contribution >= 4 is 22.4 Å². The van der Waals surface area contributed by atoms with Crippen molar-refractivity contribution in [3.63, 3.8) is 0 Å². The lowest BCUT2D eigenvalue weighted by Crippen LogP contribution is -2.47. The first-order valence-corrected chi connectivity index (χ1v) is 10.1. The minimum absolute atomic E-state index is 0.113. The van der Waals surface area contributed by atoms with Crippen LogP contribution in [0, 0.1) is 0 Å². The van der Waals surface area contributed by atoms with Crippen LogP contribution in [0.4, 0.5) is 4.79 Å². The van der Waals surface area contributed by atoms with Crippen LogP contribution < -0.4 is 5.32 Å². The Morgan fingerprint density at radius 1 is 1.31 bits per heavy atom. The Bertz CT molecular complexity index is 747. The van der Waals surface area contributed by atoms with Crippen molar-refractivity contribution in [2.75, 3.05) is 13.1 Å². The fraction of sp³-hybridized carbons (Fsp3) is 0.556. The van der Waals surface area contributed by atoms with Crippen LogP contribution in [0.5, 0.6) is 0 Å². The second kappa shape index (κ2) is 8.18. The minimum atomic E-state index is -3.61. The van der Waals surface area contributed by atoms with E-state index in [-0.39, 0.29) is 17.4 Å². The summed E-state index contributed by atoms with van der Waals surface area (Å²) in [6.45, 7) is 6.02. The van der Waals surface area contributed by atoms with Gasteiger partial charge in [-0.05, 0) is 51.3 Å². The van der Waals surface area contributed by atoms with E-state index in [0.29, 0.717) is 31.5 Å². The molecule has 0 radical (unpaired) electrons. The van der Waals surface area contributed by atoms with Gasteiger partial charge in [0, 0.05) is 25.6 Å². The molecule has 1 N–H and O–H groups in total. The highest BCUT2D eigenvalue weighted by Crippen LogP contribution is 2.22. The Hall–Kier alpha value is -1.93. The number of nitrogens with one attached hydrogen (secondary N) is 1. The zero-order chi connectivity index (χ0) is 19.4. The van der Waals surface area contributed by atoms with Crippen LogP contribution in [0.2, 0.25) is 0 Å². The molecule has 0 aromatic heterocycles. The first kappa shape index (κ1) is 20.4. The molecular formula is C18H26N2O5S. The number of alkyl carbamates (subject to hydrolysis) is 1. The molecule has 1 aliphatic rings. The summed E-state index contributed by atoms with van der Waals surface area (Å²) in [4.78, 5) is 22.7. The van der Waals surface area contributed by atoms with Gasteiger partial charge in [0.15, 0.2) is 0 Å². The van der Waals surface area contributed by atoms with Crippen molar-refractivity contribution in [2.45, 2.75) is 56.6 Å². The molecule has 0 atom stereocenters. The molecule has 0 spiro atoms. The third-order valence-electron chi connectivity index (χ3n) is 4.03. The summed E-state index contributed by atoms with van der Waals surface area (Å²) in [6, 6.07) is 6.33. The number of hydrogen-bond acceptors (Lipinski definition) is 5. The summed E-state index contributed by atoms with van der Waals surface area (Å²) in [6.07, 6.45) is 1.49. The Morgan fingerprint density at radius 3 is 2.54 bits per heavy atom. The monoisotopic (exact) mass is 382 g/mol. The van der Waals surface area contributed by atoms with Crippen LogP contribution in [0.3, 0.4) is 0 Å². The summed E-state index contributed by atoms with van der Waals surface area (Å²) in [7, 11) is -3.61. The van der Waals surface area contributed by atoms with Gasteiger partial charge in [0.25, 0.3) is 0 Å². The molecule has 0 unspecified atom stereocenters. The first-order chi connectivity index (χ1) is 12.1. The van der Waals surface area contributed by atoms with Gasteiger partial charge >= 0.3 is 6.09 Å². The van der Waals surface area contributed by atoms with Crippen LogP contribution >= 0.6 is 0 Å². The highest BCUT2D eigenvalue weighted by Gasteiger charge is 2.30. The van der Waals surface area contributed by atoms with E-state index in [1.165, 1.54) is 16.4 Å². The van der Waals surface area contributed by atoms with Crippen molar-refractivity contribution in [3.8, 4) is 0 Å². The number of piperidine rings is 1. The number of ether oxygens (including phenoxy) is 1. The molecule has 1 aliphatic heterocycles. The first-order valence-electron chi connectivity index (χ1n) is 8.64. The molecule has 7 nitrogen and oxygen atoms in total. The van der Waals surface area contributed by atoms with Gasteiger partial charge in [-0.3, -0.25) is 0 Å². The van der Waals surface area contributed by atoms with E-state index < -0.39 is 21.7 Å². The van der Waals surface area contributed by atoms with Crippen LogP contribution in [0.25, 0.3) is 0 Å². The molecule has 26 heavy (non-hydrogen) atoms.